The molecule has 0 aliphatic heterocycles. The zero-order valence-corrected chi connectivity index (χ0v) is 27.4. The Morgan fingerprint density at radius 1 is 0.367 bits per heavy atom. The lowest BCUT2D eigenvalue weighted by molar-refractivity contribution is 1.63. The quantitative estimate of drug-likeness (QED) is 0.168. The number of rotatable bonds is 4. The van der Waals surface area contributed by atoms with Crippen LogP contribution in [0.3, 0.4) is 0 Å². The highest BCUT2D eigenvalue weighted by Crippen LogP contribution is 2.47. The van der Waals surface area contributed by atoms with Crippen LogP contribution in [-0.4, -0.2) is 0 Å². The van der Waals surface area contributed by atoms with Crippen LogP contribution < -0.4 is 0 Å². The van der Waals surface area contributed by atoms with Crippen molar-refractivity contribution in [2.75, 3.05) is 0 Å². The molecule has 10 aromatic rings. The molecule has 0 nitrogen and oxygen atoms in total. The predicted molar refractivity (Wildman–Crippen MR) is 214 cm³/mol. The van der Waals surface area contributed by atoms with Crippen molar-refractivity contribution in [3.63, 3.8) is 0 Å². The van der Waals surface area contributed by atoms with E-state index < -0.39 is 0 Å². The highest BCUT2D eigenvalue weighted by molar-refractivity contribution is 7.26. The summed E-state index contributed by atoms with van der Waals surface area (Å²) in [6.07, 6.45) is 0. The van der Waals surface area contributed by atoms with Crippen molar-refractivity contribution < 1.29 is 2.74 Å². The molecule has 0 saturated carbocycles. The average Bonchev–Trinajstić information content (AvgIpc) is 3.57. The molecule has 0 fully saturated rings. The van der Waals surface area contributed by atoms with E-state index in [1.54, 1.807) is 0 Å². The van der Waals surface area contributed by atoms with Gasteiger partial charge >= 0.3 is 0 Å². The van der Waals surface area contributed by atoms with Gasteiger partial charge in [-0.05, 0) is 89.0 Å². The third-order valence-electron chi connectivity index (χ3n) is 9.94. The lowest BCUT2D eigenvalue weighted by Gasteiger charge is -2.18. The van der Waals surface area contributed by atoms with Crippen LogP contribution in [0.25, 0.3) is 97.0 Å². The van der Waals surface area contributed by atoms with Gasteiger partial charge in [0.2, 0.25) is 0 Å². The topological polar surface area (TPSA) is 0 Å². The van der Waals surface area contributed by atoms with Crippen LogP contribution in [-0.2, 0) is 0 Å². The highest BCUT2D eigenvalue weighted by Gasteiger charge is 2.18. The maximum atomic E-state index is 8.08. The van der Waals surface area contributed by atoms with E-state index in [1.165, 1.54) is 80.7 Å². The Kier molecular flexibility index (Phi) is 6.00. The highest BCUT2D eigenvalue weighted by atomic mass is 32.1. The van der Waals surface area contributed by atoms with E-state index in [4.69, 9.17) is 2.74 Å². The van der Waals surface area contributed by atoms with Crippen LogP contribution in [0.15, 0.2) is 182 Å². The fraction of sp³-hybridized carbons (Fsp3) is 0. The minimum absolute atomic E-state index is 0.524. The van der Waals surface area contributed by atoms with Crippen molar-refractivity contribution in [1.82, 2.24) is 0 Å². The van der Waals surface area contributed by atoms with Crippen molar-refractivity contribution in [3.05, 3.63) is 182 Å². The number of benzene rings is 9. The zero-order chi connectivity index (χ0) is 34.1. The minimum atomic E-state index is 0.524. The summed E-state index contributed by atoms with van der Waals surface area (Å²) in [6, 6.07) is 61.4. The fourth-order valence-corrected chi connectivity index (χ4v) is 8.98. The zero-order valence-electron chi connectivity index (χ0n) is 28.6. The first-order chi connectivity index (χ1) is 25.1. The van der Waals surface area contributed by atoms with Gasteiger partial charge in [0.05, 0.1) is 2.74 Å². The molecule has 1 heterocycles. The summed E-state index contributed by atoms with van der Waals surface area (Å²) >= 11 is 1.84. The molecule has 1 aromatic heterocycles. The lowest BCUT2D eigenvalue weighted by Crippen LogP contribution is -1.91. The van der Waals surface area contributed by atoms with Gasteiger partial charge < -0.3 is 0 Å². The summed E-state index contributed by atoms with van der Waals surface area (Å²) in [5, 5.41) is 9.70. The second kappa shape index (κ2) is 11.3. The second-order valence-electron chi connectivity index (χ2n) is 12.7. The van der Waals surface area contributed by atoms with E-state index in [0.717, 1.165) is 16.3 Å². The van der Waals surface area contributed by atoms with E-state index in [1.807, 2.05) is 35.6 Å². The summed E-state index contributed by atoms with van der Waals surface area (Å²) in [4.78, 5) is 0. The van der Waals surface area contributed by atoms with Gasteiger partial charge in [-0.25, -0.2) is 0 Å². The third kappa shape index (κ3) is 4.51. The Morgan fingerprint density at radius 2 is 0.918 bits per heavy atom. The van der Waals surface area contributed by atoms with Gasteiger partial charge in [0, 0.05) is 20.2 Å². The van der Waals surface area contributed by atoms with Crippen LogP contribution in [0.1, 0.15) is 2.74 Å². The van der Waals surface area contributed by atoms with E-state index in [2.05, 4.69) is 146 Å². The normalized spacial score (nSPS) is 12.2. The van der Waals surface area contributed by atoms with Crippen LogP contribution in [0.2, 0.25) is 0 Å². The molecule has 0 spiro atoms. The summed E-state index contributed by atoms with van der Waals surface area (Å²) in [5.74, 6) is 0. The number of hydrogen-bond donors (Lipinski definition) is 0. The van der Waals surface area contributed by atoms with E-state index in [0.29, 0.717) is 12.1 Å². The molecule has 0 unspecified atom stereocenters. The Labute approximate surface area is 292 Å². The molecule has 49 heavy (non-hydrogen) atoms. The number of hydrogen-bond acceptors (Lipinski definition) is 1. The smallest absolute Gasteiger partial charge is 0.0623 e. The van der Waals surface area contributed by atoms with Crippen LogP contribution in [0, 0.1) is 0 Å². The maximum Gasteiger partial charge on any atom is 0.0623 e. The molecule has 0 bridgehead atoms. The summed E-state index contributed by atoms with van der Waals surface area (Å²) in [6.45, 7) is 0. The summed E-state index contributed by atoms with van der Waals surface area (Å²) in [7, 11) is 0. The Balaban J connectivity index is 1.15. The van der Waals surface area contributed by atoms with Gasteiger partial charge in [-0.2, -0.15) is 0 Å². The monoisotopic (exact) mass is 640 g/mol. The minimum Gasteiger partial charge on any atom is -0.135 e. The average molecular weight is 641 g/mol. The molecular formula is C48H30S. The van der Waals surface area contributed by atoms with Gasteiger partial charge in [0.25, 0.3) is 0 Å². The maximum absolute atomic E-state index is 8.08. The Bertz CT molecular complexity index is 2910. The molecule has 0 radical (unpaired) electrons. The standard InChI is InChI=1S/C48H30S/c1-2-13-32(14-3-1)38-29-28-37(47-43-20-10-11-21-44(43)49-48(38)47)33-23-25-34(26-24-33)45-39-16-6-8-18-41(39)46(42-19-9-7-17-40(42)45)36-27-22-31-12-4-5-15-35(31)30-36/h1-30H/i1D,4D. The number of thiophene rings is 1. The molecule has 10 rings (SSSR count). The van der Waals surface area contributed by atoms with Gasteiger partial charge in [-0.15, -0.1) is 11.3 Å². The molecule has 1 heteroatoms. The van der Waals surface area contributed by atoms with Gasteiger partial charge in [-0.3, -0.25) is 0 Å². The third-order valence-corrected chi connectivity index (χ3v) is 11.1. The van der Waals surface area contributed by atoms with Crippen LogP contribution in [0.5, 0.6) is 0 Å². The van der Waals surface area contributed by atoms with Crippen LogP contribution >= 0.6 is 11.3 Å². The van der Waals surface area contributed by atoms with E-state index in [9.17, 15) is 0 Å². The molecule has 0 atom stereocenters. The molecule has 0 amide bonds. The van der Waals surface area contributed by atoms with Gasteiger partial charge in [-0.1, -0.05) is 170 Å². The van der Waals surface area contributed by atoms with Crippen molar-refractivity contribution >= 4 is 63.8 Å². The Morgan fingerprint density at radius 3 is 1.63 bits per heavy atom. The summed E-state index contributed by atoms with van der Waals surface area (Å²) < 4.78 is 18.6. The number of fused-ring (bicyclic) bond motifs is 6. The predicted octanol–water partition coefficient (Wildman–Crippen LogP) is 14.2. The first-order valence-corrected chi connectivity index (χ1v) is 17.5. The molecule has 0 saturated heterocycles. The molecular weight excluding hydrogens is 609 g/mol. The molecule has 0 N–H and O–H groups in total. The SMILES string of the molecule is [2H]c1ccc(-c2ccc(-c3ccc(-c4c5ccccc5c(-c5ccc6cc([2H])ccc6c5)c5ccccc45)cc3)c3c2sc2ccccc23)cc1. The molecule has 0 aliphatic rings. The molecule has 9 aromatic carbocycles. The molecule has 0 aliphatic carbocycles. The second-order valence-corrected chi connectivity index (χ2v) is 13.7. The largest absolute Gasteiger partial charge is 0.135 e. The van der Waals surface area contributed by atoms with Crippen molar-refractivity contribution in [2.24, 2.45) is 0 Å². The van der Waals surface area contributed by atoms with Gasteiger partial charge in [0.1, 0.15) is 0 Å². The van der Waals surface area contributed by atoms with Gasteiger partial charge in [0.15, 0.2) is 0 Å². The first-order valence-electron chi connectivity index (χ1n) is 17.7. The lowest BCUT2D eigenvalue weighted by atomic mass is 9.85. The van der Waals surface area contributed by atoms with Crippen LogP contribution in [0.4, 0.5) is 0 Å². The van der Waals surface area contributed by atoms with E-state index in [-0.39, 0.29) is 0 Å². The van der Waals surface area contributed by atoms with Crippen molar-refractivity contribution in [1.29, 1.82) is 0 Å². The summed E-state index contributed by atoms with van der Waals surface area (Å²) in [5.41, 5.74) is 9.62. The van der Waals surface area contributed by atoms with Crippen molar-refractivity contribution in [3.8, 4) is 44.5 Å². The van der Waals surface area contributed by atoms with E-state index >= 15 is 0 Å². The Hall–Kier alpha value is -6.02. The molecule has 228 valence electrons. The fourth-order valence-electron chi connectivity index (χ4n) is 7.71. The first kappa shape index (κ1) is 26.0. The van der Waals surface area contributed by atoms with Crippen molar-refractivity contribution in [2.45, 2.75) is 0 Å².